The van der Waals surface area contributed by atoms with E-state index in [0.717, 1.165) is 31.5 Å². The average Bonchev–Trinajstić information content (AvgIpc) is 2.29. The second-order valence-corrected chi connectivity index (χ2v) is 3.25. The van der Waals surface area contributed by atoms with E-state index in [4.69, 9.17) is 6.42 Å². The molecule has 0 atom stereocenters. The van der Waals surface area contributed by atoms with Crippen LogP contribution in [0.25, 0.3) is 0 Å². The van der Waals surface area contributed by atoms with Crippen LogP contribution in [-0.2, 0) is 0 Å². The third-order valence-electron chi connectivity index (χ3n) is 2.01. The molecule has 1 aromatic rings. The van der Waals surface area contributed by atoms with Crippen LogP contribution < -0.4 is 5.32 Å². The lowest BCUT2D eigenvalue weighted by molar-refractivity contribution is -0.389. The summed E-state index contributed by atoms with van der Waals surface area (Å²) >= 11 is 0. The molecule has 1 heterocycles. The number of nitrogens with one attached hydrogen (secondary N) is 1. The van der Waals surface area contributed by atoms with Crippen molar-refractivity contribution in [3.8, 4) is 12.3 Å². The standard InChI is InChI=1S/C11H13N3O2/c1-2-3-4-5-8-12-10-6-7-11(13-9-10)14(15)16/h1,6-7,9,12H,3-5,8H2. The summed E-state index contributed by atoms with van der Waals surface area (Å²) in [4.78, 5) is 13.5. The molecule has 5 nitrogen and oxygen atoms in total. The summed E-state index contributed by atoms with van der Waals surface area (Å²) in [6.07, 6.45) is 9.31. The highest BCUT2D eigenvalue weighted by molar-refractivity contribution is 5.43. The topological polar surface area (TPSA) is 68.1 Å². The Kier molecular flexibility index (Phi) is 4.80. The SMILES string of the molecule is C#CCCCCNc1ccc([N+](=O)[O-])nc1. The zero-order valence-electron chi connectivity index (χ0n) is 8.85. The largest absolute Gasteiger partial charge is 0.382 e. The maximum atomic E-state index is 10.3. The molecule has 0 saturated heterocycles. The minimum atomic E-state index is -0.517. The van der Waals surface area contributed by atoms with Gasteiger partial charge in [-0.05, 0) is 28.8 Å². The normalized spacial score (nSPS) is 9.44. The van der Waals surface area contributed by atoms with Crippen LogP contribution in [0.5, 0.6) is 0 Å². The lowest BCUT2D eigenvalue weighted by atomic mass is 10.2. The number of anilines is 1. The van der Waals surface area contributed by atoms with E-state index in [1.165, 1.54) is 12.3 Å². The Morgan fingerprint density at radius 1 is 1.50 bits per heavy atom. The van der Waals surface area contributed by atoms with Crippen molar-refractivity contribution >= 4 is 11.5 Å². The lowest BCUT2D eigenvalue weighted by Crippen LogP contribution is -2.02. The fourth-order valence-electron chi connectivity index (χ4n) is 1.18. The molecule has 5 heteroatoms. The van der Waals surface area contributed by atoms with E-state index in [0.29, 0.717) is 0 Å². The molecule has 1 aromatic heterocycles. The molecular formula is C11H13N3O2. The van der Waals surface area contributed by atoms with Crippen molar-refractivity contribution in [2.75, 3.05) is 11.9 Å². The van der Waals surface area contributed by atoms with Crippen LogP contribution in [0.4, 0.5) is 11.5 Å². The van der Waals surface area contributed by atoms with Crippen LogP contribution in [0.3, 0.4) is 0 Å². The molecule has 0 saturated carbocycles. The Balaban J connectivity index is 2.33. The van der Waals surface area contributed by atoms with Crippen molar-refractivity contribution < 1.29 is 4.92 Å². The monoisotopic (exact) mass is 219 g/mol. The van der Waals surface area contributed by atoms with E-state index in [2.05, 4.69) is 16.2 Å². The minimum Gasteiger partial charge on any atom is -0.382 e. The van der Waals surface area contributed by atoms with Gasteiger partial charge >= 0.3 is 5.82 Å². The summed E-state index contributed by atoms with van der Waals surface area (Å²) in [5.41, 5.74) is 0.784. The molecule has 0 fully saturated rings. The van der Waals surface area contributed by atoms with Gasteiger partial charge in [0.1, 0.15) is 0 Å². The van der Waals surface area contributed by atoms with Gasteiger partial charge in [-0.25, -0.2) is 0 Å². The van der Waals surface area contributed by atoms with Crippen molar-refractivity contribution in [2.45, 2.75) is 19.3 Å². The van der Waals surface area contributed by atoms with Crippen LogP contribution in [-0.4, -0.2) is 16.5 Å². The molecule has 0 unspecified atom stereocenters. The summed E-state index contributed by atoms with van der Waals surface area (Å²) in [5, 5.41) is 13.5. The maximum absolute atomic E-state index is 10.3. The Bertz CT molecular complexity index is 381. The fraction of sp³-hybridized carbons (Fsp3) is 0.364. The van der Waals surface area contributed by atoms with Gasteiger partial charge in [0.2, 0.25) is 0 Å². The van der Waals surface area contributed by atoms with Gasteiger partial charge in [-0.2, -0.15) is 0 Å². The lowest BCUT2D eigenvalue weighted by Gasteiger charge is -2.02. The molecule has 1 N–H and O–H groups in total. The Hall–Kier alpha value is -2.09. The van der Waals surface area contributed by atoms with Gasteiger partial charge in [0.15, 0.2) is 6.20 Å². The Labute approximate surface area is 94.0 Å². The predicted molar refractivity (Wildman–Crippen MR) is 62.1 cm³/mol. The summed E-state index contributed by atoms with van der Waals surface area (Å²) in [5.74, 6) is 2.43. The summed E-state index contributed by atoms with van der Waals surface area (Å²) in [7, 11) is 0. The molecule has 0 aliphatic heterocycles. The summed E-state index contributed by atoms with van der Waals surface area (Å²) in [6.45, 7) is 0.793. The van der Waals surface area contributed by atoms with Crippen LogP contribution in [0, 0.1) is 22.5 Å². The first-order chi connectivity index (χ1) is 7.74. The molecule has 0 bridgehead atoms. The summed E-state index contributed by atoms with van der Waals surface area (Å²) < 4.78 is 0. The second kappa shape index (κ2) is 6.40. The van der Waals surface area contributed by atoms with E-state index in [9.17, 15) is 10.1 Å². The van der Waals surface area contributed by atoms with Gasteiger partial charge in [-0.1, -0.05) is 0 Å². The van der Waals surface area contributed by atoms with Gasteiger partial charge in [-0.3, -0.25) is 0 Å². The number of hydrogen-bond donors (Lipinski definition) is 1. The predicted octanol–water partition coefficient (Wildman–Crippen LogP) is 2.21. The number of hydrogen-bond acceptors (Lipinski definition) is 4. The molecule has 0 amide bonds. The van der Waals surface area contributed by atoms with Crippen molar-refractivity contribution in [1.82, 2.24) is 4.98 Å². The second-order valence-electron chi connectivity index (χ2n) is 3.25. The number of rotatable bonds is 6. The quantitative estimate of drug-likeness (QED) is 0.344. The van der Waals surface area contributed by atoms with E-state index in [-0.39, 0.29) is 5.82 Å². The Morgan fingerprint density at radius 3 is 2.88 bits per heavy atom. The van der Waals surface area contributed by atoms with Gasteiger partial charge in [0.05, 0.1) is 5.69 Å². The molecule has 16 heavy (non-hydrogen) atoms. The highest BCUT2D eigenvalue weighted by Crippen LogP contribution is 2.11. The first-order valence-corrected chi connectivity index (χ1v) is 5.02. The van der Waals surface area contributed by atoms with E-state index in [1.54, 1.807) is 6.07 Å². The van der Waals surface area contributed by atoms with Crippen molar-refractivity contribution in [3.63, 3.8) is 0 Å². The first-order valence-electron chi connectivity index (χ1n) is 5.02. The highest BCUT2D eigenvalue weighted by Gasteiger charge is 2.05. The molecule has 0 radical (unpaired) electrons. The molecule has 0 aliphatic carbocycles. The van der Waals surface area contributed by atoms with Gasteiger partial charge in [0.25, 0.3) is 0 Å². The van der Waals surface area contributed by atoms with E-state index >= 15 is 0 Å². The minimum absolute atomic E-state index is 0.141. The number of pyridine rings is 1. The third-order valence-corrected chi connectivity index (χ3v) is 2.01. The molecule has 1 rings (SSSR count). The van der Waals surface area contributed by atoms with Crippen LogP contribution in [0.15, 0.2) is 18.3 Å². The first kappa shape index (κ1) is 12.0. The van der Waals surface area contributed by atoms with Crippen LogP contribution in [0.2, 0.25) is 0 Å². The fourth-order valence-corrected chi connectivity index (χ4v) is 1.18. The van der Waals surface area contributed by atoms with Gasteiger partial charge in [0, 0.05) is 19.0 Å². The Morgan fingerprint density at radius 2 is 2.31 bits per heavy atom. The number of nitrogens with zero attached hydrogens (tertiary/aromatic N) is 2. The summed E-state index contributed by atoms with van der Waals surface area (Å²) in [6, 6.07) is 3.02. The highest BCUT2D eigenvalue weighted by atomic mass is 16.6. The molecule has 0 aliphatic rings. The number of terminal acetylenes is 1. The van der Waals surface area contributed by atoms with E-state index < -0.39 is 4.92 Å². The zero-order valence-corrected chi connectivity index (χ0v) is 8.85. The number of unbranched alkanes of at least 4 members (excludes halogenated alkanes) is 2. The van der Waals surface area contributed by atoms with Gasteiger partial charge < -0.3 is 15.4 Å². The van der Waals surface area contributed by atoms with E-state index in [1.807, 2.05) is 0 Å². The molecule has 0 aromatic carbocycles. The molecular weight excluding hydrogens is 206 g/mol. The van der Waals surface area contributed by atoms with Crippen LogP contribution >= 0.6 is 0 Å². The van der Waals surface area contributed by atoms with Crippen LogP contribution in [0.1, 0.15) is 19.3 Å². The average molecular weight is 219 g/mol. The maximum Gasteiger partial charge on any atom is 0.363 e. The zero-order chi connectivity index (χ0) is 11.8. The third kappa shape index (κ3) is 3.96. The van der Waals surface area contributed by atoms with Crippen molar-refractivity contribution in [3.05, 3.63) is 28.4 Å². The molecule has 0 spiro atoms. The smallest absolute Gasteiger partial charge is 0.363 e. The van der Waals surface area contributed by atoms with Gasteiger partial charge in [-0.15, -0.1) is 12.3 Å². The van der Waals surface area contributed by atoms with Crippen molar-refractivity contribution in [2.24, 2.45) is 0 Å². The number of nitro groups is 1. The van der Waals surface area contributed by atoms with Crippen molar-refractivity contribution in [1.29, 1.82) is 0 Å². The number of aromatic nitrogens is 1. The molecule has 84 valence electrons.